The first kappa shape index (κ1) is 16.6. The van der Waals surface area contributed by atoms with Crippen molar-refractivity contribution in [3.8, 4) is 0 Å². The molecule has 22 heavy (non-hydrogen) atoms. The fourth-order valence-corrected chi connectivity index (χ4v) is 2.49. The molecule has 8 heteroatoms. The zero-order valence-corrected chi connectivity index (χ0v) is 11.3. The minimum absolute atomic E-state index is 0.119. The van der Waals surface area contributed by atoms with Gasteiger partial charge < -0.3 is 9.69 Å². The number of piperidine rings is 1. The van der Waals surface area contributed by atoms with Crippen LogP contribution in [-0.2, 0) is 17.1 Å². The number of carbonyl (C=O) groups is 1. The number of benzene rings is 1. The molecule has 0 radical (unpaired) electrons. The molecule has 1 aromatic carbocycles. The normalized spacial score (nSPS) is 17.6. The molecular weight excluding hydrogens is 312 g/mol. The number of alkyl halides is 6. The molecule has 1 heterocycles. The molecule has 1 aliphatic rings. The predicted molar refractivity (Wildman–Crippen MR) is 67.4 cm³/mol. The van der Waals surface area contributed by atoms with Crippen molar-refractivity contribution in [1.29, 1.82) is 0 Å². The average Bonchev–Trinajstić information content (AvgIpc) is 2.45. The number of aldehydes is 1. The molecule has 0 spiro atoms. The van der Waals surface area contributed by atoms with E-state index in [4.69, 9.17) is 0 Å². The SMILES string of the molecule is O=CC1CCN(c2cc(C(F)(F)F)ccc2C(F)(F)F)CC1. The van der Waals surface area contributed by atoms with Gasteiger partial charge >= 0.3 is 12.4 Å². The fraction of sp³-hybridized carbons (Fsp3) is 0.500. The Labute approximate surface area is 122 Å². The molecule has 2 rings (SSSR count). The van der Waals surface area contributed by atoms with Crippen LogP contribution in [0.2, 0.25) is 0 Å². The summed E-state index contributed by atoms with van der Waals surface area (Å²) in [6.07, 6.45) is -8.05. The Morgan fingerprint density at radius 3 is 2.05 bits per heavy atom. The van der Waals surface area contributed by atoms with E-state index in [1.165, 1.54) is 4.90 Å². The van der Waals surface area contributed by atoms with Crippen molar-refractivity contribution in [1.82, 2.24) is 0 Å². The number of anilines is 1. The Kier molecular flexibility index (Phi) is 4.39. The number of hydrogen-bond acceptors (Lipinski definition) is 2. The van der Waals surface area contributed by atoms with Crippen molar-refractivity contribution in [3.63, 3.8) is 0 Å². The Bertz CT molecular complexity index is 543. The Balaban J connectivity index is 2.40. The topological polar surface area (TPSA) is 20.3 Å². The highest BCUT2D eigenvalue weighted by Crippen LogP contribution is 2.41. The van der Waals surface area contributed by atoms with Gasteiger partial charge in [-0.15, -0.1) is 0 Å². The lowest BCUT2D eigenvalue weighted by molar-refractivity contribution is -0.141. The summed E-state index contributed by atoms with van der Waals surface area (Å²) in [7, 11) is 0. The van der Waals surface area contributed by atoms with Crippen molar-refractivity contribution in [2.45, 2.75) is 25.2 Å². The summed E-state index contributed by atoms with van der Waals surface area (Å²) in [5.41, 5.74) is -2.69. The molecule has 0 unspecified atom stereocenters. The quantitative estimate of drug-likeness (QED) is 0.602. The first-order valence-corrected chi connectivity index (χ1v) is 6.61. The summed E-state index contributed by atoms with van der Waals surface area (Å²) in [6, 6.07) is 1.43. The molecule has 1 saturated heterocycles. The van der Waals surface area contributed by atoms with Crippen LogP contribution in [0.5, 0.6) is 0 Å². The smallest absolute Gasteiger partial charge is 0.371 e. The van der Waals surface area contributed by atoms with Crippen LogP contribution >= 0.6 is 0 Å². The highest BCUT2D eigenvalue weighted by atomic mass is 19.4. The maximum atomic E-state index is 13.0. The molecule has 0 aromatic heterocycles. The molecule has 0 aliphatic carbocycles. The summed E-state index contributed by atoms with van der Waals surface area (Å²) in [4.78, 5) is 11.9. The molecule has 122 valence electrons. The Hall–Kier alpha value is -1.73. The van der Waals surface area contributed by atoms with Crippen molar-refractivity contribution in [2.75, 3.05) is 18.0 Å². The zero-order valence-electron chi connectivity index (χ0n) is 11.3. The summed E-state index contributed by atoms with van der Waals surface area (Å²) in [5, 5.41) is 0. The highest BCUT2D eigenvalue weighted by molar-refractivity contribution is 5.59. The minimum atomic E-state index is -4.74. The second-order valence-corrected chi connectivity index (χ2v) is 5.19. The third-order valence-electron chi connectivity index (χ3n) is 3.70. The van der Waals surface area contributed by atoms with E-state index >= 15 is 0 Å². The van der Waals surface area contributed by atoms with E-state index in [-0.39, 0.29) is 19.0 Å². The number of hydrogen-bond donors (Lipinski definition) is 0. The van der Waals surface area contributed by atoms with Gasteiger partial charge in [0.25, 0.3) is 0 Å². The van der Waals surface area contributed by atoms with Crippen molar-refractivity contribution >= 4 is 12.0 Å². The van der Waals surface area contributed by atoms with Gasteiger partial charge in [-0.2, -0.15) is 26.3 Å². The van der Waals surface area contributed by atoms with Crippen LogP contribution in [0.15, 0.2) is 18.2 Å². The lowest BCUT2D eigenvalue weighted by Crippen LogP contribution is -2.35. The van der Waals surface area contributed by atoms with E-state index in [1.807, 2.05) is 0 Å². The summed E-state index contributed by atoms with van der Waals surface area (Å²) < 4.78 is 77.2. The van der Waals surface area contributed by atoms with E-state index in [2.05, 4.69) is 0 Å². The molecule has 0 saturated carbocycles. The van der Waals surface area contributed by atoms with Gasteiger partial charge in [0.2, 0.25) is 0 Å². The zero-order chi connectivity index (χ0) is 16.5. The fourth-order valence-electron chi connectivity index (χ4n) is 2.49. The van der Waals surface area contributed by atoms with Crippen LogP contribution < -0.4 is 4.90 Å². The van der Waals surface area contributed by atoms with Gasteiger partial charge in [0.15, 0.2) is 0 Å². The molecule has 1 fully saturated rings. The van der Waals surface area contributed by atoms with Crippen molar-refractivity contribution in [2.24, 2.45) is 5.92 Å². The van der Waals surface area contributed by atoms with Crippen molar-refractivity contribution in [3.05, 3.63) is 29.3 Å². The molecule has 1 aliphatic heterocycles. The van der Waals surface area contributed by atoms with Crippen LogP contribution in [0.4, 0.5) is 32.0 Å². The maximum absolute atomic E-state index is 13.0. The molecular formula is C14H13F6NO. The van der Waals surface area contributed by atoms with Crippen LogP contribution in [-0.4, -0.2) is 19.4 Å². The van der Waals surface area contributed by atoms with Crippen LogP contribution in [0.1, 0.15) is 24.0 Å². The lowest BCUT2D eigenvalue weighted by Gasteiger charge is -2.33. The van der Waals surface area contributed by atoms with E-state index in [0.29, 0.717) is 31.0 Å². The third-order valence-corrected chi connectivity index (χ3v) is 3.70. The number of halogens is 6. The summed E-state index contributed by atoms with van der Waals surface area (Å²) >= 11 is 0. The summed E-state index contributed by atoms with van der Waals surface area (Å²) in [6.45, 7) is 0.238. The molecule has 1 aromatic rings. The maximum Gasteiger partial charge on any atom is 0.418 e. The average molecular weight is 325 g/mol. The van der Waals surface area contributed by atoms with Gasteiger partial charge in [0, 0.05) is 24.7 Å². The van der Waals surface area contributed by atoms with E-state index in [0.717, 1.165) is 6.29 Å². The number of carbonyl (C=O) groups excluding carboxylic acids is 1. The van der Waals surface area contributed by atoms with Crippen LogP contribution in [0.3, 0.4) is 0 Å². The Morgan fingerprint density at radius 1 is 1.00 bits per heavy atom. The van der Waals surface area contributed by atoms with Gasteiger partial charge in [0.05, 0.1) is 11.1 Å². The van der Waals surface area contributed by atoms with Gasteiger partial charge in [-0.25, -0.2) is 0 Å². The lowest BCUT2D eigenvalue weighted by atomic mass is 9.97. The van der Waals surface area contributed by atoms with Crippen LogP contribution in [0, 0.1) is 5.92 Å². The first-order chi connectivity index (χ1) is 10.1. The highest BCUT2D eigenvalue weighted by Gasteiger charge is 2.38. The second kappa shape index (κ2) is 5.81. The largest absolute Gasteiger partial charge is 0.418 e. The number of nitrogens with zero attached hydrogens (tertiary/aromatic N) is 1. The van der Waals surface area contributed by atoms with Gasteiger partial charge in [0.1, 0.15) is 6.29 Å². The summed E-state index contributed by atoms with van der Waals surface area (Å²) in [5.74, 6) is -0.253. The molecule has 0 atom stereocenters. The molecule has 0 bridgehead atoms. The first-order valence-electron chi connectivity index (χ1n) is 6.61. The standard InChI is InChI=1S/C14H13F6NO/c15-13(16,17)10-1-2-11(14(18,19)20)12(7-10)21-5-3-9(8-22)4-6-21/h1-2,7-9H,3-6H2. The molecule has 0 amide bonds. The van der Waals surface area contributed by atoms with E-state index in [9.17, 15) is 31.1 Å². The third kappa shape index (κ3) is 3.53. The van der Waals surface area contributed by atoms with Gasteiger partial charge in [-0.1, -0.05) is 0 Å². The Morgan fingerprint density at radius 2 is 1.59 bits per heavy atom. The van der Waals surface area contributed by atoms with E-state index < -0.39 is 29.2 Å². The number of rotatable bonds is 2. The van der Waals surface area contributed by atoms with Crippen LogP contribution in [0.25, 0.3) is 0 Å². The van der Waals surface area contributed by atoms with E-state index in [1.54, 1.807) is 0 Å². The van der Waals surface area contributed by atoms with Gasteiger partial charge in [-0.05, 0) is 31.0 Å². The van der Waals surface area contributed by atoms with Gasteiger partial charge in [-0.3, -0.25) is 0 Å². The predicted octanol–water partition coefficient (Wildman–Crippen LogP) is 4.14. The van der Waals surface area contributed by atoms with Crippen molar-refractivity contribution < 1.29 is 31.1 Å². The molecule has 0 N–H and O–H groups in total. The monoisotopic (exact) mass is 325 g/mol. The minimum Gasteiger partial charge on any atom is -0.371 e. The molecule has 2 nitrogen and oxygen atoms in total. The second-order valence-electron chi connectivity index (χ2n) is 5.19.